The highest BCUT2D eigenvalue weighted by Crippen LogP contribution is 2.21. The zero-order valence-electron chi connectivity index (χ0n) is 13.3. The molecule has 24 heavy (non-hydrogen) atoms. The molecule has 2 rings (SSSR count). The first-order chi connectivity index (χ1) is 11.4. The number of rotatable bonds is 8. The lowest BCUT2D eigenvalue weighted by Crippen LogP contribution is -2.26. The third kappa shape index (κ3) is 4.77. The summed E-state index contributed by atoms with van der Waals surface area (Å²) in [4.78, 5) is -0.183. The van der Waals surface area contributed by atoms with Crippen LogP contribution < -0.4 is 9.46 Å². The monoisotopic (exact) mass is 353 g/mol. The summed E-state index contributed by atoms with van der Waals surface area (Å²) >= 11 is 0. The van der Waals surface area contributed by atoms with Crippen molar-refractivity contribution in [1.82, 2.24) is 4.72 Å². The van der Waals surface area contributed by atoms with Crippen molar-refractivity contribution in [3.8, 4) is 5.75 Å². The predicted octanol–water partition coefficient (Wildman–Crippen LogP) is 2.63. The van der Waals surface area contributed by atoms with E-state index in [1.807, 2.05) is 6.07 Å². The van der Waals surface area contributed by atoms with E-state index in [1.54, 1.807) is 31.2 Å². The van der Waals surface area contributed by atoms with E-state index in [0.29, 0.717) is 12.2 Å². The van der Waals surface area contributed by atoms with Gasteiger partial charge in [0, 0.05) is 6.54 Å². The molecule has 0 radical (unpaired) electrons. The molecule has 0 aliphatic heterocycles. The van der Waals surface area contributed by atoms with Crippen LogP contribution in [-0.4, -0.2) is 26.7 Å². The fraction of sp³-hybridized carbons (Fsp3) is 0.294. The number of ether oxygens (including phenoxy) is 1. The Hall–Kier alpha value is -1.96. The predicted molar refractivity (Wildman–Crippen MR) is 88.8 cm³/mol. The zero-order chi connectivity index (χ0) is 17.6. The van der Waals surface area contributed by atoms with Gasteiger partial charge in [0.05, 0.1) is 17.6 Å². The molecule has 7 heteroatoms. The van der Waals surface area contributed by atoms with Crippen molar-refractivity contribution >= 4 is 10.0 Å². The van der Waals surface area contributed by atoms with E-state index in [2.05, 4.69) is 4.72 Å². The fourth-order valence-electron chi connectivity index (χ4n) is 2.18. The maximum Gasteiger partial charge on any atom is 0.240 e. The Kier molecular flexibility index (Phi) is 6.30. The lowest BCUT2D eigenvalue weighted by atomic mass is 10.1. The number of benzene rings is 2. The van der Waals surface area contributed by atoms with Crippen LogP contribution in [0.4, 0.5) is 4.39 Å². The van der Waals surface area contributed by atoms with Gasteiger partial charge in [-0.2, -0.15) is 0 Å². The van der Waals surface area contributed by atoms with Crippen molar-refractivity contribution < 1.29 is 22.7 Å². The van der Waals surface area contributed by atoms with E-state index < -0.39 is 21.9 Å². The molecule has 0 heterocycles. The normalized spacial score (nSPS) is 12.8. The third-order valence-corrected chi connectivity index (χ3v) is 4.87. The molecule has 2 N–H and O–H groups in total. The fourth-order valence-corrected chi connectivity index (χ4v) is 3.24. The smallest absolute Gasteiger partial charge is 0.240 e. The van der Waals surface area contributed by atoms with E-state index in [0.717, 1.165) is 6.07 Å². The number of halogens is 1. The molecule has 0 fully saturated rings. The highest BCUT2D eigenvalue weighted by Gasteiger charge is 2.17. The summed E-state index contributed by atoms with van der Waals surface area (Å²) in [6.45, 7) is 2.04. The maximum absolute atomic E-state index is 13.8. The van der Waals surface area contributed by atoms with E-state index >= 15 is 0 Å². The van der Waals surface area contributed by atoms with Gasteiger partial charge in [-0.25, -0.2) is 17.5 Å². The summed E-state index contributed by atoms with van der Waals surface area (Å²) in [5.41, 5.74) is 0.712. The highest BCUT2D eigenvalue weighted by atomic mass is 32.2. The Morgan fingerprint density at radius 1 is 1.21 bits per heavy atom. The molecule has 0 saturated heterocycles. The summed E-state index contributed by atoms with van der Waals surface area (Å²) in [5.74, 6) is -0.722. The van der Waals surface area contributed by atoms with Gasteiger partial charge in [0.15, 0.2) is 11.6 Å². The van der Waals surface area contributed by atoms with Crippen molar-refractivity contribution in [3.05, 3.63) is 59.9 Å². The Bertz CT molecular complexity index is 765. The van der Waals surface area contributed by atoms with Gasteiger partial charge in [-0.1, -0.05) is 30.3 Å². The first-order valence-corrected chi connectivity index (χ1v) is 9.07. The van der Waals surface area contributed by atoms with E-state index in [1.165, 1.54) is 12.1 Å². The summed E-state index contributed by atoms with van der Waals surface area (Å²) in [6, 6.07) is 12.4. The molecule has 1 unspecified atom stereocenters. The van der Waals surface area contributed by atoms with Crippen LogP contribution in [0.5, 0.6) is 5.75 Å². The lowest BCUT2D eigenvalue weighted by molar-refractivity contribution is 0.169. The van der Waals surface area contributed by atoms with E-state index in [9.17, 15) is 17.9 Å². The first kappa shape index (κ1) is 18.4. The SMILES string of the molecule is CCOc1ccc(S(=O)(=O)NCCC(O)c2ccccc2)cc1F. The molecule has 0 aromatic heterocycles. The van der Waals surface area contributed by atoms with Crippen LogP contribution >= 0.6 is 0 Å². The van der Waals surface area contributed by atoms with Crippen molar-refractivity contribution in [1.29, 1.82) is 0 Å². The average molecular weight is 353 g/mol. The van der Waals surface area contributed by atoms with Crippen molar-refractivity contribution in [2.45, 2.75) is 24.3 Å². The molecule has 2 aromatic rings. The van der Waals surface area contributed by atoms with Crippen LogP contribution in [0.25, 0.3) is 0 Å². The molecule has 130 valence electrons. The Morgan fingerprint density at radius 3 is 2.54 bits per heavy atom. The van der Waals surface area contributed by atoms with Crippen molar-refractivity contribution in [3.63, 3.8) is 0 Å². The van der Waals surface area contributed by atoms with Gasteiger partial charge in [0.25, 0.3) is 0 Å². The molecule has 5 nitrogen and oxygen atoms in total. The molecule has 0 spiro atoms. The van der Waals surface area contributed by atoms with Crippen LogP contribution in [0, 0.1) is 5.82 Å². The number of aliphatic hydroxyl groups is 1. The zero-order valence-corrected chi connectivity index (χ0v) is 14.1. The number of nitrogens with one attached hydrogen (secondary N) is 1. The topological polar surface area (TPSA) is 75.6 Å². The van der Waals surface area contributed by atoms with Crippen LogP contribution in [0.15, 0.2) is 53.4 Å². The van der Waals surface area contributed by atoms with Crippen molar-refractivity contribution in [2.75, 3.05) is 13.2 Å². The molecule has 0 bridgehead atoms. The van der Waals surface area contributed by atoms with Crippen LogP contribution in [0.3, 0.4) is 0 Å². The molecule has 0 saturated carbocycles. The second-order valence-corrected chi connectivity index (χ2v) is 6.91. The van der Waals surface area contributed by atoms with Crippen molar-refractivity contribution in [2.24, 2.45) is 0 Å². The van der Waals surface area contributed by atoms with Gasteiger partial charge >= 0.3 is 0 Å². The summed E-state index contributed by atoms with van der Waals surface area (Å²) in [6.07, 6.45) is -0.561. The second kappa shape index (κ2) is 8.23. The minimum absolute atomic E-state index is 0.0101. The molecule has 0 amide bonds. The molecular formula is C17H20FNO4S. The van der Waals surface area contributed by atoms with Crippen LogP contribution in [0.2, 0.25) is 0 Å². The van der Waals surface area contributed by atoms with Gasteiger partial charge in [-0.05, 0) is 37.1 Å². The summed E-state index contributed by atoms with van der Waals surface area (Å²) in [7, 11) is -3.85. The van der Waals surface area contributed by atoms with Crippen LogP contribution in [-0.2, 0) is 10.0 Å². The molecule has 0 aliphatic rings. The summed E-state index contributed by atoms with van der Waals surface area (Å²) in [5, 5.41) is 10.0. The number of aliphatic hydroxyl groups excluding tert-OH is 1. The van der Waals surface area contributed by atoms with Gasteiger partial charge in [0.2, 0.25) is 10.0 Å². The minimum atomic E-state index is -3.85. The van der Waals surface area contributed by atoms with Gasteiger partial charge in [0.1, 0.15) is 0 Å². The summed E-state index contributed by atoms with van der Waals surface area (Å²) < 4.78 is 45.5. The Labute approximate surface area is 141 Å². The van der Waals surface area contributed by atoms with Crippen LogP contribution in [0.1, 0.15) is 25.0 Å². The maximum atomic E-state index is 13.8. The Balaban J connectivity index is 1.97. The molecule has 1 atom stereocenters. The molecule has 0 aliphatic carbocycles. The minimum Gasteiger partial charge on any atom is -0.491 e. The highest BCUT2D eigenvalue weighted by molar-refractivity contribution is 7.89. The Morgan fingerprint density at radius 2 is 1.92 bits per heavy atom. The van der Waals surface area contributed by atoms with E-state index in [4.69, 9.17) is 4.74 Å². The number of hydrogen-bond donors (Lipinski definition) is 2. The quantitative estimate of drug-likeness (QED) is 0.765. The van der Waals surface area contributed by atoms with Gasteiger partial charge in [-0.15, -0.1) is 0 Å². The van der Waals surface area contributed by atoms with E-state index in [-0.39, 0.29) is 23.6 Å². The van der Waals surface area contributed by atoms with Gasteiger partial charge in [-0.3, -0.25) is 0 Å². The first-order valence-electron chi connectivity index (χ1n) is 7.59. The molecular weight excluding hydrogens is 333 g/mol. The standard InChI is InChI=1S/C17H20FNO4S/c1-2-23-17-9-8-14(12-15(17)18)24(21,22)19-11-10-16(20)13-6-4-3-5-7-13/h3-9,12,16,19-20H,2,10-11H2,1H3. The number of hydrogen-bond acceptors (Lipinski definition) is 4. The van der Waals surface area contributed by atoms with Gasteiger partial charge < -0.3 is 9.84 Å². The largest absolute Gasteiger partial charge is 0.491 e. The molecule has 2 aromatic carbocycles. The third-order valence-electron chi connectivity index (χ3n) is 3.41. The lowest BCUT2D eigenvalue weighted by Gasteiger charge is -2.12. The second-order valence-electron chi connectivity index (χ2n) is 5.14. The number of sulfonamides is 1. The average Bonchev–Trinajstić information content (AvgIpc) is 2.57.